The van der Waals surface area contributed by atoms with Crippen molar-refractivity contribution in [1.29, 1.82) is 0 Å². The average Bonchev–Trinajstić information content (AvgIpc) is 2.99. The zero-order valence-electron chi connectivity index (χ0n) is 13.9. The van der Waals surface area contributed by atoms with Gasteiger partial charge in [0.1, 0.15) is 0 Å². The molecule has 4 heteroatoms. The molecule has 0 spiro atoms. The SMILES string of the molecule is CC(C)(C(=O)NCCc1ccccc1)c1c[nH]c2ccc(Cl)cc12. The van der Waals surface area contributed by atoms with E-state index in [4.69, 9.17) is 11.6 Å². The maximum atomic E-state index is 12.7. The van der Waals surface area contributed by atoms with Crippen molar-refractivity contribution in [3.63, 3.8) is 0 Å². The molecule has 1 aromatic heterocycles. The lowest BCUT2D eigenvalue weighted by Gasteiger charge is -2.23. The summed E-state index contributed by atoms with van der Waals surface area (Å²) in [6.45, 7) is 4.50. The van der Waals surface area contributed by atoms with Crippen molar-refractivity contribution in [2.75, 3.05) is 6.54 Å². The molecule has 0 saturated heterocycles. The van der Waals surface area contributed by atoms with E-state index in [1.165, 1.54) is 5.56 Å². The molecule has 0 atom stereocenters. The highest BCUT2D eigenvalue weighted by atomic mass is 35.5. The van der Waals surface area contributed by atoms with E-state index in [1.54, 1.807) is 0 Å². The van der Waals surface area contributed by atoms with Gasteiger partial charge in [-0.05, 0) is 49.6 Å². The highest BCUT2D eigenvalue weighted by molar-refractivity contribution is 6.31. The Balaban J connectivity index is 1.73. The predicted molar refractivity (Wildman–Crippen MR) is 99.5 cm³/mol. The topological polar surface area (TPSA) is 44.9 Å². The standard InChI is InChI=1S/C20H21ClN2O/c1-20(2,17-13-23-18-9-8-15(21)12-16(17)18)19(24)22-11-10-14-6-4-3-5-7-14/h3-9,12-13,23H,10-11H2,1-2H3,(H,22,24). The number of carbonyl (C=O) groups excluding carboxylic acids is 1. The average molecular weight is 341 g/mol. The van der Waals surface area contributed by atoms with Crippen LogP contribution in [0.4, 0.5) is 0 Å². The Labute approximate surface area is 147 Å². The van der Waals surface area contributed by atoms with Gasteiger partial charge < -0.3 is 10.3 Å². The molecule has 124 valence electrons. The van der Waals surface area contributed by atoms with Crippen molar-refractivity contribution in [2.24, 2.45) is 0 Å². The number of H-pyrrole nitrogens is 1. The van der Waals surface area contributed by atoms with E-state index in [1.807, 2.05) is 56.4 Å². The van der Waals surface area contributed by atoms with Crippen molar-refractivity contribution in [2.45, 2.75) is 25.7 Å². The number of rotatable bonds is 5. The normalized spacial score (nSPS) is 11.6. The van der Waals surface area contributed by atoms with Crippen LogP contribution in [-0.4, -0.2) is 17.4 Å². The van der Waals surface area contributed by atoms with Crippen LogP contribution < -0.4 is 5.32 Å². The van der Waals surface area contributed by atoms with Gasteiger partial charge >= 0.3 is 0 Å². The number of aromatic amines is 1. The quantitative estimate of drug-likeness (QED) is 0.707. The lowest BCUT2D eigenvalue weighted by Crippen LogP contribution is -2.40. The number of amides is 1. The predicted octanol–water partition coefficient (Wildman–Crippen LogP) is 4.46. The third-order valence-corrected chi connectivity index (χ3v) is 4.66. The van der Waals surface area contributed by atoms with Crippen molar-refractivity contribution in [3.8, 4) is 0 Å². The Morgan fingerprint density at radius 3 is 2.67 bits per heavy atom. The number of nitrogens with one attached hydrogen (secondary N) is 2. The summed E-state index contributed by atoms with van der Waals surface area (Å²) >= 11 is 6.11. The van der Waals surface area contributed by atoms with E-state index >= 15 is 0 Å². The zero-order chi connectivity index (χ0) is 17.2. The smallest absolute Gasteiger partial charge is 0.230 e. The second-order valence-electron chi connectivity index (χ2n) is 6.51. The highest BCUT2D eigenvalue weighted by Gasteiger charge is 2.31. The molecule has 0 aliphatic rings. The Bertz CT molecular complexity index is 852. The maximum Gasteiger partial charge on any atom is 0.230 e. The summed E-state index contributed by atoms with van der Waals surface area (Å²) in [6.07, 6.45) is 2.72. The summed E-state index contributed by atoms with van der Waals surface area (Å²) in [7, 11) is 0. The number of benzene rings is 2. The maximum absolute atomic E-state index is 12.7. The summed E-state index contributed by atoms with van der Waals surface area (Å²) < 4.78 is 0. The Morgan fingerprint density at radius 2 is 1.92 bits per heavy atom. The van der Waals surface area contributed by atoms with E-state index in [0.29, 0.717) is 11.6 Å². The number of halogens is 1. The van der Waals surface area contributed by atoms with E-state index in [9.17, 15) is 4.79 Å². The molecule has 24 heavy (non-hydrogen) atoms. The van der Waals surface area contributed by atoms with Crippen LogP contribution in [0, 0.1) is 0 Å². The first-order chi connectivity index (χ1) is 11.5. The minimum Gasteiger partial charge on any atom is -0.361 e. The van der Waals surface area contributed by atoms with Crippen molar-refractivity contribution in [3.05, 3.63) is 70.9 Å². The third-order valence-electron chi connectivity index (χ3n) is 4.43. The second kappa shape index (κ2) is 6.70. The third kappa shape index (κ3) is 3.31. The number of fused-ring (bicyclic) bond motifs is 1. The number of hydrogen-bond donors (Lipinski definition) is 2. The van der Waals surface area contributed by atoms with E-state index in [0.717, 1.165) is 22.9 Å². The van der Waals surface area contributed by atoms with Gasteiger partial charge in [-0.25, -0.2) is 0 Å². The van der Waals surface area contributed by atoms with Crippen molar-refractivity contribution >= 4 is 28.4 Å². The molecule has 2 N–H and O–H groups in total. The summed E-state index contributed by atoms with van der Waals surface area (Å²) in [5.41, 5.74) is 2.52. The van der Waals surface area contributed by atoms with Crippen molar-refractivity contribution in [1.82, 2.24) is 10.3 Å². The van der Waals surface area contributed by atoms with Crippen LogP contribution in [0.2, 0.25) is 5.02 Å². The molecule has 3 rings (SSSR count). The monoisotopic (exact) mass is 340 g/mol. The fraction of sp³-hybridized carbons (Fsp3) is 0.250. The van der Waals surface area contributed by atoms with Gasteiger partial charge in [-0.15, -0.1) is 0 Å². The van der Waals surface area contributed by atoms with E-state index in [2.05, 4.69) is 22.4 Å². The molecule has 0 aliphatic heterocycles. The fourth-order valence-corrected chi connectivity index (χ4v) is 3.09. The molecule has 0 saturated carbocycles. The van der Waals surface area contributed by atoms with Crippen LogP contribution in [0.5, 0.6) is 0 Å². The molecule has 1 amide bonds. The minimum absolute atomic E-state index is 0.0132. The molecule has 0 fully saturated rings. The van der Waals surface area contributed by atoms with Crippen LogP contribution >= 0.6 is 11.6 Å². The van der Waals surface area contributed by atoms with Gasteiger partial charge in [0.05, 0.1) is 5.41 Å². The second-order valence-corrected chi connectivity index (χ2v) is 6.95. The van der Waals surface area contributed by atoms with Crippen LogP contribution in [-0.2, 0) is 16.6 Å². The largest absolute Gasteiger partial charge is 0.361 e. The summed E-state index contributed by atoms with van der Waals surface area (Å²) in [4.78, 5) is 15.9. The van der Waals surface area contributed by atoms with Gasteiger partial charge in [0, 0.05) is 28.7 Å². The van der Waals surface area contributed by atoms with Crippen LogP contribution in [0.25, 0.3) is 10.9 Å². The molecular formula is C20H21ClN2O. The Kier molecular flexibility index (Phi) is 4.63. The van der Waals surface area contributed by atoms with E-state index in [-0.39, 0.29) is 5.91 Å². The molecule has 3 aromatic rings. The Morgan fingerprint density at radius 1 is 1.17 bits per heavy atom. The summed E-state index contributed by atoms with van der Waals surface area (Å²) in [5, 5.41) is 4.71. The van der Waals surface area contributed by atoms with Crippen LogP contribution in [0.1, 0.15) is 25.0 Å². The van der Waals surface area contributed by atoms with Gasteiger partial charge in [0.15, 0.2) is 0 Å². The fourth-order valence-electron chi connectivity index (χ4n) is 2.92. The molecule has 2 aromatic carbocycles. The first-order valence-corrected chi connectivity index (χ1v) is 8.45. The molecule has 0 bridgehead atoms. The lowest BCUT2D eigenvalue weighted by molar-refractivity contribution is -0.125. The first kappa shape index (κ1) is 16.6. The highest BCUT2D eigenvalue weighted by Crippen LogP contribution is 2.32. The molecule has 0 unspecified atom stereocenters. The lowest BCUT2D eigenvalue weighted by atomic mass is 9.83. The van der Waals surface area contributed by atoms with Gasteiger partial charge in [-0.1, -0.05) is 41.9 Å². The summed E-state index contributed by atoms with van der Waals surface area (Å²) in [6, 6.07) is 15.8. The number of aromatic nitrogens is 1. The summed E-state index contributed by atoms with van der Waals surface area (Å²) in [5.74, 6) is 0.0132. The van der Waals surface area contributed by atoms with E-state index < -0.39 is 5.41 Å². The molecule has 0 radical (unpaired) electrons. The van der Waals surface area contributed by atoms with Gasteiger partial charge in [-0.3, -0.25) is 4.79 Å². The molecule has 3 nitrogen and oxygen atoms in total. The van der Waals surface area contributed by atoms with Gasteiger partial charge in [-0.2, -0.15) is 0 Å². The van der Waals surface area contributed by atoms with Gasteiger partial charge in [0.2, 0.25) is 5.91 Å². The van der Waals surface area contributed by atoms with Crippen LogP contribution in [0.3, 0.4) is 0 Å². The van der Waals surface area contributed by atoms with Crippen molar-refractivity contribution < 1.29 is 4.79 Å². The van der Waals surface area contributed by atoms with Gasteiger partial charge in [0.25, 0.3) is 0 Å². The first-order valence-electron chi connectivity index (χ1n) is 8.08. The molecular weight excluding hydrogens is 320 g/mol. The van der Waals surface area contributed by atoms with Crippen LogP contribution in [0.15, 0.2) is 54.7 Å². The molecule has 0 aliphatic carbocycles. The molecule has 1 heterocycles. The minimum atomic E-state index is -0.639. The Hall–Kier alpha value is -2.26. The zero-order valence-corrected chi connectivity index (χ0v) is 14.7. The number of hydrogen-bond acceptors (Lipinski definition) is 1. The number of carbonyl (C=O) groups is 1.